The number of hydrogen-bond donors (Lipinski definition) is 1. The summed E-state index contributed by atoms with van der Waals surface area (Å²) in [5, 5.41) is 3.42. The largest absolute Gasteiger partial charge is 0.474 e. The van der Waals surface area contributed by atoms with Gasteiger partial charge in [-0.25, -0.2) is 9.37 Å². The lowest BCUT2D eigenvalue weighted by Gasteiger charge is -2.27. The van der Waals surface area contributed by atoms with Gasteiger partial charge in [-0.1, -0.05) is 12.1 Å². The van der Waals surface area contributed by atoms with Gasteiger partial charge < -0.3 is 14.8 Å². The van der Waals surface area contributed by atoms with E-state index >= 15 is 0 Å². The second-order valence-corrected chi connectivity index (χ2v) is 6.03. The standard InChI is InChI=1S/C18H21FN2O2/c1-12(2)22-10-16-11-23-18-17(21-16)8-14(9-20-18)7-13-3-5-15(19)6-4-13/h3-6,8-9,12,16,21H,7,10-11H2,1-2H3. The molecule has 2 heterocycles. The van der Waals surface area contributed by atoms with Crippen LogP contribution < -0.4 is 10.1 Å². The molecule has 5 heteroatoms. The Morgan fingerprint density at radius 3 is 2.83 bits per heavy atom. The number of benzene rings is 1. The zero-order valence-corrected chi connectivity index (χ0v) is 13.4. The monoisotopic (exact) mass is 316 g/mol. The highest BCUT2D eigenvalue weighted by Crippen LogP contribution is 2.28. The van der Waals surface area contributed by atoms with E-state index in [1.54, 1.807) is 18.3 Å². The predicted octanol–water partition coefficient (Wildman–Crippen LogP) is 3.41. The van der Waals surface area contributed by atoms with Gasteiger partial charge >= 0.3 is 0 Å². The molecule has 122 valence electrons. The second-order valence-electron chi connectivity index (χ2n) is 6.03. The molecule has 0 fully saturated rings. The molecule has 0 amide bonds. The lowest BCUT2D eigenvalue weighted by Crippen LogP contribution is -2.36. The van der Waals surface area contributed by atoms with Crippen LogP contribution >= 0.6 is 0 Å². The van der Waals surface area contributed by atoms with Gasteiger partial charge in [0.15, 0.2) is 0 Å². The average molecular weight is 316 g/mol. The lowest BCUT2D eigenvalue weighted by atomic mass is 10.1. The number of nitrogens with zero attached hydrogens (tertiary/aromatic N) is 1. The van der Waals surface area contributed by atoms with Crippen molar-refractivity contribution in [2.45, 2.75) is 32.4 Å². The third-order valence-electron chi connectivity index (χ3n) is 3.64. The summed E-state index contributed by atoms with van der Waals surface area (Å²) in [6.45, 7) is 5.17. The Kier molecular flexibility index (Phi) is 4.76. The molecule has 1 aromatic carbocycles. The van der Waals surface area contributed by atoms with E-state index in [9.17, 15) is 4.39 Å². The van der Waals surface area contributed by atoms with Crippen LogP contribution in [0.3, 0.4) is 0 Å². The Balaban J connectivity index is 1.69. The average Bonchev–Trinajstić information content (AvgIpc) is 2.54. The molecule has 0 aliphatic carbocycles. The summed E-state index contributed by atoms with van der Waals surface area (Å²) < 4.78 is 24.3. The molecule has 0 spiro atoms. The molecule has 4 nitrogen and oxygen atoms in total. The Bertz CT molecular complexity index is 659. The number of pyridine rings is 1. The first-order valence-corrected chi connectivity index (χ1v) is 7.84. The van der Waals surface area contributed by atoms with Crippen molar-refractivity contribution in [3.63, 3.8) is 0 Å². The summed E-state index contributed by atoms with van der Waals surface area (Å²) in [5.74, 6) is 0.397. The molecule has 1 aliphatic rings. The van der Waals surface area contributed by atoms with Gasteiger partial charge in [-0.15, -0.1) is 0 Å². The number of ether oxygens (including phenoxy) is 2. The third-order valence-corrected chi connectivity index (χ3v) is 3.64. The van der Waals surface area contributed by atoms with Crippen LogP contribution in [0.15, 0.2) is 36.5 Å². The van der Waals surface area contributed by atoms with Crippen molar-refractivity contribution in [1.29, 1.82) is 0 Å². The molecular weight excluding hydrogens is 295 g/mol. The topological polar surface area (TPSA) is 43.4 Å². The maximum atomic E-state index is 13.0. The number of hydrogen-bond acceptors (Lipinski definition) is 4. The summed E-state index contributed by atoms with van der Waals surface area (Å²) >= 11 is 0. The Morgan fingerprint density at radius 1 is 1.30 bits per heavy atom. The van der Waals surface area contributed by atoms with Crippen molar-refractivity contribution in [3.8, 4) is 5.88 Å². The van der Waals surface area contributed by atoms with Gasteiger partial charge in [0.2, 0.25) is 5.88 Å². The van der Waals surface area contributed by atoms with Crippen molar-refractivity contribution < 1.29 is 13.9 Å². The van der Waals surface area contributed by atoms with E-state index in [-0.39, 0.29) is 18.0 Å². The van der Waals surface area contributed by atoms with Crippen LogP contribution in [0.1, 0.15) is 25.0 Å². The van der Waals surface area contributed by atoms with Crippen LogP contribution in [0.2, 0.25) is 0 Å². The first-order valence-electron chi connectivity index (χ1n) is 7.84. The van der Waals surface area contributed by atoms with Gasteiger partial charge in [-0.3, -0.25) is 0 Å². The first-order chi connectivity index (χ1) is 11.1. The van der Waals surface area contributed by atoms with E-state index in [0.717, 1.165) is 16.8 Å². The smallest absolute Gasteiger partial charge is 0.237 e. The predicted molar refractivity (Wildman–Crippen MR) is 87.4 cm³/mol. The van der Waals surface area contributed by atoms with Crippen molar-refractivity contribution in [1.82, 2.24) is 4.98 Å². The number of aromatic nitrogens is 1. The van der Waals surface area contributed by atoms with Crippen molar-refractivity contribution in [2.75, 3.05) is 18.5 Å². The summed E-state index contributed by atoms with van der Waals surface area (Å²) in [4.78, 5) is 4.36. The Hall–Kier alpha value is -2.14. The van der Waals surface area contributed by atoms with Crippen molar-refractivity contribution in [2.24, 2.45) is 0 Å². The summed E-state index contributed by atoms with van der Waals surface area (Å²) in [7, 11) is 0. The van der Waals surface area contributed by atoms with E-state index in [0.29, 0.717) is 25.5 Å². The molecule has 1 aliphatic heterocycles. The molecule has 1 N–H and O–H groups in total. The van der Waals surface area contributed by atoms with Crippen LogP contribution in [-0.4, -0.2) is 30.3 Å². The minimum absolute atomic E-state index is 0.118. The zero-order valence-electron chi connectivity index (χ0n) is 13.4. The maximum Gasteiger partial charge on any atom is 0.237 e. The quantitative estimate of drug-likeness (QED) is 0.918. The normalized spacial score (nSPS) is 16.6. The fourth-order valence-electron chi connectivity index (χ4n) is 2.49. The zero-order chi connectivity index (χ0) is 16.2. The molecule has 1 atom stereocenters. The molecule has 0 saturated carbocycles. The molecule has 23 heavy (non-hydrogen) atoms. The molecule has 3 rings (SSSR count). The van der Waals surface area contributed by atoms with Gasteiger partial charge in [0.1, 0.15) is 12.4 Å². The van der Waals surface area contributed by atoms with Crippen LogP contribution in [0.25, 0.3) is 0 Å². The fourth-order valence-corrected chi connectivity index (χ4v) is 2.49. The lowest BCUT2D eigenvalue weighted by molar-refractivity contribution is 0.0603. The van der Waals surface area contributed by atoms with Crippen LogP contribution in [0.5, 0.6) is 5.88 Å². The molecule has 1 unspecified atom stereocenters. The van der Waals surface area contributed by atoms with Gasteiger partial charge in [-0.2, -0.15) is 0 Å². The van der Waals surface area contributed by atoms with Crippen molar-refractivity contribution >= 4 is 5.69 Å². The van der Waals surface area contributed by atoms with Crippen LogP contribution in [0.4, 0.5) is 10.1 Å². The fraction of sp³-hybridized carbons (Fsp3) is 0.389. The summed E-state index contributed by atoms with van der Waals surface area (Å²) in [6.07, 6.45) is 2.70. The minimum atomic E-state index is -0.222. The molecule has 2 aromatic rings. The number of rotatable bonds is 5. The van der Waals surface area contributed by atoms with E-state index in [4.69, 9.17) is 9.47 Å². The number of halogens is 1. The highest BCUT2D eigenvalue weighted by Gasteiger charge is 2.20. The first kappa shape index (κ1) is 15.7. The molecule has 0 bridgehead atoms. The van der Waals surface area contributed by atoms with E-state index in [2.05, 4.69) is 10.3 Å². The maximum absolute atomic E-state index is 13.0. The third kappa shape index (κ3) is 4.20. The molecule has 0 radical (unpaired) electrons. The number of nitrogens with one attached hydrogen (secondary N) is 1. The molecular formula is C18H21FN2O2. The van der Waals surface area contributed by atoms with Gasteiger partial charge in [0.05, 0.1) is 24.4 Å². The molecule has 0 saturated heterocycles. The van der Waals surface area contributed by atoms with E-state index in [1.807, 2.05) is 19.9 Å². The Labute approximate surface area is 135 Å². The number of anilines is 1. The van der Waals surface area contributed by atoms with Gasteiger partial charge in [0, 0.05) is 6.20 Å². The van der Waals surface area contributed by atoms with E-state index in [1.165, 1.54) is 12.1 Å². The summed E-state index contributed by atoms with van der Waals surface area (Å²) in [6, 6.07) is 8.68. The SMILES string of the molecule is CC(C)OCC1COc2ncc(Cc3ccc(F)cc3)cc2N1. The summed E-state index contributed by atoms with van der Waals surface area (Å²) in [5.41, 5.74) is 2.98. The van der Waals surface area contributed by atoms with Crippen LogP contribution in [0, 0.1) is 5.82 Å². The Morgan fingerprint density at radius 2 is 2.09 bits per heavy atom. The van der Waals surface area contributed by atoms with Crippen molar-refractivity contribution in [3.05, 3.63) is 53.5 Å². The highest BCUT2D eigenvalue weighted by atomic mass is 19.1. The van der Waals surface area contributed by atoms with Gasteiger partial charge in [-0.05, 0) is 49.6 Å². The number of fused-ring (bicyclic) bond motifs is 1. The van der Waals surface area contributed by atoms with Gasteiger partial charge in [0.25, 0.3) is 0 Å². The minimum Gasteiger partial charge on any atom is -0.474 e. The highest BCUT2D eigenvalue weighted by molar-refractivity contribution is 5.56. The molecule has 1 aromatic heterocycles. The second kappa shape index (κ2) is 6.96. The van der Waals surface area contributed by atoms with Crippen LogP contribution in [-0.2, 0) is 11.2 Å². The van der Waals surface area contributed by atoms with E-state index < -0.39 is 0 Å².